The molecule has 1 N–H and O–H groups in total. The van der Waals surface area contributed by atoms with Crippen molar-refractivity contribution in [2.45, 2.75) is 12.6 Å². The van der Waals surface area contributed by atoms with Gasteiger partial charge >= 0.3 is 0 Å². The van der Waals surface area contributed by atoms with Gasteiger partial charge in [-0.2, -0.15) is 9.61 Å². The zero-order valence-electron chi connectivity index (χ0n) is 16.4. The van der Waals surface area contributed by atoms with Crippen LogP contribution in [0.1, 0.15) is 22.0 Å². The van der Waals surface area contributed by atoms with Gasteiger partial charge in [-0.05, 0) is 23.3 Å². The molecule has 1 aliphatic heterocycles. The van der Waals surface area contributed by atoms with Gasteiger partial charge in [0.2, 0.25) is 10.8 Å². The topological polar surface area (TPSA) is 56.9 Å². The number of fused-ring (bicyclic) bond motifs is 1. The second-order valence-corrected chi connectivity index (χ2v) is 8.51. The van der Waals surface area contributed by atoms with Crippen LogP contribution in [-0.2, 0) is 6.54 Å². The van der Waals surface area contributed by atoms with Gasteiger partial charge in [0.05, 0.1) is 10.9 Å². The second kappa shape index (κ2) is 8.14. The Hall–Kier alpha value is -2.81. The Morgan fingerprint density at radius 3 is 2.57 bits per heavy atom. The summed E-state index contributed by atoms with van der Waals surface area (Å²) >= 11 is 1.40. The highest BCUT2D eigenvalue weighted by Crippen LogP contribution is 2.40. The summed E-state index contributed by atoms with van der Waals surface area (Å²) in [5.74, 6) is -0.201. The van der Waals surface area contributed by atoms with E-state index < -0.39 is 0 Å². The minimum absolute atomic E-state index is 0.0773. The molecule has 4 aromatic rings. The molecule has 0 aliphatic carbocycles. The predicted octanol–water partition coefficient (Wildman–Crippen LogP) is 3.54. The molecule has 2 aromatic carbocycles. The first-order chi connectivity index (χ1) is 14.7. The molecule has 0 saturated carbocycles. The van der Waals surface area contributed by atoms with Crippen molar-refractivity contribution in [3.8, 4) is 5.88 Å². The number of aromatic nitrogens is 3. The Kier molecular flexibility index (Phi) is 5.20. The molecule has 8 heteroatoms. The second-order valence-electron chi connectivity index (χ2n) is 7.50. The lowest BCUT2D eigenvalue weighted by molar-refractivity contribution is 0.105. The Labute approximate surface area is 177 Å². The average Bonchev–Trinajstić information content (AvgIpc) is 3.34. The summed E-state index contributed by atoms with van der Waals surface area (Å²) in [5, 5.41) is 14.9. The van der Waals surface area contributed by atoms with Gasteiger partial charge in [0.15, 0.2) is 0 Å². The lowest BCUT2D eigenvalue weighted by Gasteiger charge is -2.39. The van der Waals surface area contributed by atoms with Crippen LogP contribution in [0.3, 0.4) is 0 Å². The van der Waals surface area contributed by atoms with Gasteiger partial charge in [0.25, 0.3) is 0 Å². The van der Waals surface area contributed by atoms with E-state index in [1.54, 1.807) is 12.1 Å². The molecule has 0 bridgehead atoms. The van der Waals surface area contributed by atoms with Gasteiger partial charge in [-0.15, -0.1) is 0 Å². The smallest absolute Gasteiger partial charge is 0.230 e. The van der Waals surface area contributed by atoms with Gasteiger partial charge in [-0.1, -0.05) is 53.8 Å². The highest BCUT2D eigenvalue weighted by Gasteiger charge is 2.31. The molecule has 0 spiro atoms. The van der Waals surface area contributed by atoms with Crippen LogP contribution in [0.15, 0.2) is 60.9 Å². The van der Waals surface area contributed by atoms with E-state index in [1.165, 1.54) is 33.8 Å². The molecule has 5 rings (SSSR count). The maximum atomic E-state index is 14.0. The molecule has 1 aliphatic rings. The van der Waals surface area contributed by atoms with Crippen LogP contribution in [0.4, 0.5) is 4.39 Å². The van der Waals surface area contributed by atoms with Crippen LogP contribution in [0, 0.1) is 5.82 Å². The van der Waals surface area contributed by atoms with E-state index in [2.05, 4.69) is 44.1 Å². The number of thiazole rings is 1. The van der Waals surface area contributed by atoms with Crippen LogP contribution in [0.2, 0.25) is 0 Å². The SMILES string of the molecule is Oc1c(C(c2cccc(F)c2)N2CCN(Cc3ccccc3)CC2)sc2ncnn12. The molecule has 3 heterocycles. The Balaban J connectivity index is 1.41. The molecular formula is C22H22FN5OS. The third-order valence-electron chi connectivity index (χ3n) is 5.57. The van der Waals surface area contributed by atoms with Crippen molar-refractivity contribution >= 4 is 16.3 Å². The fourth-order valence-electron chi connectivity index (χ4n) is 4.10. The number of nitrogens with zero attached hydrogens (tertiary/aromatic N) is 5. The molecule has 154 valence electrons. The van der Waals surface area contributed by atoms with Crippen molar-refractivity contribution in [1.29, 1.82) is 0 Å². The fourth-order valence-corrected chi connectivity index (χ4v) is 5.19. The number of aromatic hydroxyl groups is 1. The summed E-state index contributed by atoms with van der Waals surface area (Å²) in [6.07, 6.45) is 1.43. The standard InChI is InChI=1S/C22H22FN5OS/c23-18-8-4-7-17(13-18)19(20-21(29)28-22(30-20)24-15-25-28)27-11-9-26(10-12-27)14-16-5-2-1-3-6-16/h1-8,13,15,19,29H,9-12,14H2. The molecule has 1 unspecified atom stereocenters. The molecule has 1 fully saturated rings. The first-order valence-corrected chi connectivity index (χ1v) is 10.8. The summed E-state index contributed by atoms with van der Waals surface area (Å²) in [5.41, 5.74) is 2.13. The monoisotopic (exact) mass is 423 g/mol. The number of rotatable bonds is 5. The van der Waals surface area contributed by atoms with E-state index in [0.717, 1.165) is 43.2 Å². The number of hydrogen-bond donors (Lipinski definition) is 1. The molecule has 1 atom stereocenters. The van der Waals surface area contributed by atoms with Crippen molar-refractivity contribution in [3.05, 3.63) is 82.7 Å². The minimum Gasteiger partial charge on any atom is -0.492 e. The quantitative estimate of drug-likeness (QED) is 0.532. The van der Waals surface area contributed by atoms with Crippen LogP contribution < -0.4 is 0 Å². The van der Waals surface area contributed by atoms with Crippen molar-refractivity contribution in [1.82, 2.24) is 24.4 Å². The van der Waals surface area contributed by atoms with Crippen molar-refractivity contribution in [2.75, 3.05) is 26.2 Å². The normalized spacial score (nSPS) is 16.8. The van der Waals surface area contributed by atoms with Gasteiger partial charge in [-0.25, -0.2) is 9.37 Å². The van der Waals surface area contributed by atoms with Crippen LogP contribution >= 0.6 is 11.3 Å². The molecule has 30 heavy (non-hydrogen) atoms. The maximum Gasteiger partial charge on any atom is 0.230 e. The largest absolute Gasteiger partial charge is 0.492 e. The maximum absolute atomic E-state index is 14.0. The van der Waals surface area contributed by atoms with Gasteiger partial charge in [0.1, 0.15) is 12.1 Å². The molecule has 2 aromatic heterocycles. The highest BCUT2D eigenvalue weighted by molar-refractivity contribution is 7.17. The Morgan fingerprint density at radius 2 is 1.83 bits per heavy atom. The Morgan fingerprint density at radius 1 is 1.03 bits per heavy atom. The lowest BCUT2D eigenvalue weighted by Crippen LogP contribution is -2.47. The van der Waals surface area contributed by atoms with Crippen LogP contribution in [-0.4, -0.2) is 55.7 Å². The first kappa shape index (κ1) is 19.2. The van der Waals surface area contributed by atoms with E-state index >= 15 is 0 Å². The van der Waals surface area contributed by atoms with E-state index in [0.29, 0.717) is 4.96 Å². The zero-order valence-corrected chi connectivity index (χ0v) is 17.2. The number of halogens is 1. The fraction of sp³-hybridized carbons (Fsp3) is 0.273. The molecule has 0 amide bonds. The summed E-state index contributed by atoms with van der Waals surface area (Å²) in [6, 6.07) is 16.8. The molecular weight excluding hydrogens is 401 g/mol. The van der Waals surface area contributed by atoms with E-state index in [4.69, 9.17) is 0 Å². The van der Waals surface area contributed by atoms with Gasteiger partial charge in [-0.3, -0.25) is 9.80 Å². The molecule has 0 radical (unpaired) electrons. The van der Waals surface area contributed by atoms with Crippen molar-refractivity contribution in [3.63, 3.8) is 0 Å². The van der Waals surface area contributed by atoms with E-state index in [9.17, 15) is 9.50 Å². The average molecular weight is 424 g/mol. The Bertz CT molecular complexity index is 1140. The van der Waals surface area contributed by atoms with E-state index in [1.807, 2.05) is 12.1 Å². The summed E-state index contributed by atoms with van der Waals surface area (Å²) in [7, 11) is 0. The first-order valence-electron chi connectivity index (χ1n) is 9.96. The zero-order chi connectivity index (χ0) is 20.5. The summed E-state index contributed by atoms with van der Waals surface area (Å²) in [4.78, 5) is 10.3. The van der Waals surface area contributed by atoms with Crippen molar-refractivity contribution < 1.29 is 9.50 Å². The number of benzene rings is 2. The number of hydrogen-bond acceptors (Lipinski definition) is 6. The molecule has 1 saturated heterocycles. The van der Waals surface area contributed by atoms with Gasteiger partial charge < -0.3 is 5.11 Å². The van der Waals surface area contributed by atoms with E-state index in [-0.39, 0.29) is 17.7 Å². The number of piperazine rings is 1. The van der Waals surface area contributed by atoms with Crippen LogP contribution in [0.5, 0.6) is 5.88 Å². The van der Waals surface area contributed by atoms with Crippen molar-refractivity contribution in [2.24, 2.45) is 0 Å². The van der Waals surface area contributed by atoms with Crippen LogP contribution in [0.25, 0.3) is 4.96 Å². The lowest BCUT2D eigenvalue weighted by atomic mass is 10.0. The predicted molar refractivity (Wildman–Crippen MR) is 114 cm³/mol. The highest BCUT2D eigenvalue weighted by atomic mass is 32.1. The summed E-state index contributed by atoms with van der Waals surface area (Å²) in [6.45, 7) is 4.37. The molecule has 6 nitrogen and oxygen atoms in total. The third-order valence-corrected chi connectivity index (χ3v) is 6.66. The summed E-state index contributed by atoms with van der Waals surface area (Å²) < 4.78 is 15.5. The van der Waals surface area contributed by atoms with Gasteiger partial charge in [0, 0.05) is 32.7 Å². The third kappa shape index (κ3) is 3.69. The minimum atomic E-state index is -0.279.